The Bertz CT molecular complexity index is 869. The highest BCUT2D eigenvalue weighted by Crippen LogP contribution is 2.29. The number of piperazine rings is 1. The van der Waals surface area contributed by atoms with Gasteiger partial charge in [0.1, 0.15) is 5.82 Å². The molecule has 5 nitrogen and oxygen atoms in total. The second kappa shape index (κ2) is 7.29. The summed E-state index contributed by atoms with van der Waals surface area (Å²) in [5.41, 5.74) is 1.48. The van der Waals surface area contributed by atoms with Crippen molar-refractivity contribution in [3.05, 3.63) is 59.4 Å². The average molecular weight is 388 g/mol. The Kier molecular flexibility index (Phi) is 4.85. The minimum absolute atomic E-state index is 0.104. The van der Waals surface area contributed by atoms with Crippen molar-refractivity contribution in [2.24, 2.45) is 0 Å². The first kappa shape index (κ1) is 17.9. The van der Waals surface area contributed by atoms with Crippen molar-refractivity contribution < 1.29 is 14.0 Å². The van der Waals surface area contributed by atoms with Crippen LogP contribution in [0.5, 0.6) is 0 Å². The number of carbonyl (C=O) groups excluding carboxylic acids is 2. The van der Waals surface area contributed by atoms with Crippen LogP contribution in [0.3, 0.4) is 0 Å². The van der Waals surface area contributed by atoms with Gasteiger partial charge in [0, 0.05) is 31.9 Å². The molecule has 0 unspecified atom stereocenters. The molecule has 0 saturated carbocycles. The number of amides is 2. The minimum atomic E-state index is -0.576. The summed E-state index contributed by atoms with van der Waals surface area (Å²) in [5.74, 6) is -1.12. The van der Waals surface area contributed by atoms with Crippen molar-refractivity contribution in [2.75, 3.05) is 36.0 Å². The summed E-state index contributed by atoms with van der Waals surface area (Å²) in [4.78, 5) is 30.8. The molecule has 0 N–H and O–H groups in total. The zero-order valence-electron chi connectivity index (χ0n) is 14.6. The van der Waals surface area contributed by atoms with Crippen molar-refractivity contribution in [1.29, 1.82) is 0 Å². The summed E-state index contributed by atoms with van der Waals surface area (Å²) in [6.45, 7) is 3.00. The third kappa shape index (κ3) is 3.42. The van der Waals surface area contributed by atoms with Gasteiger partial charge in [0.25, 0.3) is 5.91 Å². The first-order valence-electron chi connectivity index (χ1n) is 8.90. The van der Waals surface area contributed by atoms with E-state index in [0.29, 0.717) is 18.8 Å². The van der Waals surface area contributed by atoms with Crippen LogP contribution in [-0.4, -0.2) is 48.9 Å². The molecule has 1 atom stereocenters. The smallest absolute Gasteiger partial charge is 0.251 e. The first-order chi connectivity index (χ1) is 13.0. The van der Waals surface area contributed by atoms with Crippen LogP contribution in [0.1, 0.15) is 6.42 Å². The molecule has 0 bridgehead atoms. The van der Waals surface area contributed by atoms with E-state index in [9.17, 15) is 14.0 Å². The topological polar surface area (TPSA) is 43.9 Å². The molecule has 4 rings (SSSR count). The van der Waals surface area contributed by atoms with Crippen molar-refractivity contribution in [2.45, 2.75) is 12.5 Å². The number of benzene rings is 2. The predicted octanol–water partition coefficient (Wildman–Crippen LogP) is 2.93. The second-order valence-electron chi connectivity index (χ2n) is 6.74. The van der Waals surface area contributed by atoms with Crippen LogP contribution < -0.4 is 9.80 Å². The van der Waals surface area contributed by atoms with Gasteiger partial charge in [-0.25, -0.2) is 9.29 Å². The molecule has 7 heteroatoms. The Hall–Kier alpha value is -2.44. The quantitative estimate of drug-likeness (QED) is 0.759. The number of nitrogens with zero attached hydrogens (tertiary/aromatic N) is 3. The fourth-order valence-corrected chi connectivity index (χ4v) is 3.90. The number of hydrogen-bond acceptors (Lipinski definition) is 4. The Morgan fingerprint density at radius 3 is 2.30 bits per heavy atom. The molecule has 2 saturated heterocycles. The van der Waals surface area contributed by atoms with Crippen LogP contribution in [0.15, 0.2) is 48.5 Å². The van der Waals surface area contributed by atoms with Gasteiger partial charge in [-0.1, -0.05) is 29.8 Å². The largest absolute Gasteiger partial charge is 0.369 e. The molecule has 2 amide bonds. The molecule has 0 spiro atoms. The molecule has 2 aromatic carbocycles. The summed E-state index contributed by atoms with van der Waals surface area (Å²) in [6.07, 6.45) is 0.138. The Balaban J connectivity index is 1.45. The Morgan fingerprint density at radius 2 is 1.63 bits per heavy atom. The van der Waals surface area contributed by atoms with Crippen LogP contribution in [0, 0.1) is 5.82 Å². The van der Waals surface area contributed by atoms with Gasteiger partial charge in [-0.15, -0.1) is 0 Å². The Labute approximate surface area is 161 Å². The van der Waals surface area contributed by atoms with Crippen LogP contribution in [0.4, 0.5) is 15.8 Å². The van der Waals surface area contributed by atoms with E-state index in [2.05, 4.69) is 21.9 Å². The second-order valence-corrected chi connectivity index (χ2v) is 7.15. The SMILES string of the molecule is O=C1C[C@H](N2CCN(c3ccccc3)CC2)C(=O)N1c1ccc(F)c(Cl)c1. The standard InChI is InChI=1S/C20H19ClFN3O2/c21-16-12-15(6-7-17(16)22)25-19(26)13-18(20(25)27)24-10-8-23(9-11-24)14-4-2-1-3-5-14/h1-7,12,18H,8-11,13H2/t18-/m0/s1. The van der Waals surface area contributed by atoms with Crippen LogP contribution >= 0.6 is 11.6 Å². The number of imide groups is 1. The molecule has 0 radical (unpaired) electrons. The third-order valence-corrected chi connectivity index (χ3v) is 5.45. The van der Waals surface area contributed by atoms with E-state index in [1.54, 1.807) is 0 Å². The van der Waals surface area contributed by atoms with Gasteiger partial charge in [0.2, 0.25) is 5.91 Å². The summed E-state index contributed by atoms with van der Waals surface area (Å²) in [6, 6.07) is 13.6. The number of halogens is 2. The van der Waals surface area contributed by atoms with Crippen molar-refractivity contribution in [3.63, 3.8) is 0 Å². The normalized spacial score (nSPS) is 21.2. The highest BCUT2D eigenvalue weighted by atomic mass is 35.5. The highest BCUT2D eigenvalue weighted by Gasteiger charge is 2.43. The molecule has 2 aliphatic heterocycles. The fourth-order valence-electron chi connectivity index (χ4n) is 3.73. The van der Waals surface area contributed by atoms with Gasteiger partial charge in [-0.05, 0) is 30.3 Å². The lowest BCUT2D eigenvalue weighted by atomic mass is 10.1. The van der Waals surface area contributed by atoms with E-state index >= 15 is 0 Å². The van der Waals surface area contributed by atoms with E-state index in [4.69, 9.17) is 11.6 Å². The molecular weight excluding hydrogens is 369 g/mol. The summed E-state index contributed by atoms with van der Waals surface area (Å²) in [7, 11) is 0. The molecule has 2 heterocycles. The van der Waals surface area contributed by atoms with E-state index in [0.717, 1.165) is 23.7 Å². The maximum Gasteiger partial charge on any atom is 0.251 e. The summed E-state index contributed by atoms with van der Waals surface area (Å²) < 4.78 is 13.4. The number of hydrogen-bond donors (Lipinski definition) is 0. The first-order valence-corrected chi connectivity index (χ1v) is 9.28. The monoisotopic (exact) mass is 387 g/mol. The fraction of sp³-hybridized carbons (Fsp3) is 0.300. The van der Waals surface area contributed by atoms with E-state index < -0.39 is 11.9 Å². The maximum atomic E-state index is 13.4. The van der Waals surface area contributed by atoms with Crippen LogP contribution in [0.25, 0.3) is 0 Å². The van der Waals surface area contributed by atoms with Gasteiger partial charge in [0.15, 0.2) is 0 Å². The van der Waals surface area contributed by atoms with Gasteiger partial charge < -0.3 is 4.90 Å². The summed E-state index contributed by atoms with van der Waals surface area (Å²) >= 11 is 5.81. The lowest BCUT2D eigenvalue weighted by molar-refractivity contribution is -0.123. The Morgan fingerprint density at radius 1 is 0.926 bits per heavy atom. The van der Waals surface area contributed by atoms with E-state index in [1.165, 1.54) is 18.2 Å². The molecule has 2 aromatic rings. The summed E-state index contributed by atoms with van der Waals surface area (Å²) in [5, 5.41) is -0.104. The van der Waals surface area contributed by atoms with Gasteiger partial charge in [0.05, 0.1) is 23.2 Å². The zero-order valence-corrected chi connectivity index (χ0v) is 15.4. The van der Waals surface area contributed by atoms with Crippen LogP contribution in [0.2, 0.25) is 5.02 Å². The predicted molar refractivity (Wildman–Crippen MR) is 103 cm³/mol. The van der Waals surface area contributed by atoms with Gasteiger partial charge >= 0.3 is 0 Å². The minimum Gasteiger partial charge on any atom is -0.369 e. The maximum absolute atomic E-state index is 13.4. The molecule has 0 aromatic heterocycles. The van der Waals surface area contributed by atoms with Crippen LogP contribution in [-0.2, 0) is 9.59 Å². The van der Waals surface area contributed by atoms with Gasteiger partial charge in [-0.3, -0.25) is 14.5 Å². The van der Waals surface area contributed by atoms with Gasteiger partial charge in [-0.2, -0.15) is 0 Å². The third-order valence-electron chi connectivity index (χ3n) is 5.16. The van der Waals surface area contributed by atoms with E-state index in [1.807, 2.05) is 18.2 Å². The average Bonchev–Trinajstić information content (AvgIpc) is 2.99. The highest BCUT2D eigenvalue weighted by molar-refractivity contribution is 6.31. The molecule has 2 fully saturated rings. The lowest BCUT2D eigenvalue weighted by Crippen LogP contribution is -2.52. The molecule has 0 aliphatic carbocycles. The number of rotatable bonds is 3. The number of para-hydroxylation sites is 1. The zero-order chi connectivity index (χ0) is 19.0. The van der Waals surface area contributed by atoms with Crippen molar-refractivity contribution in [1.82, 2.24) is 4.90 Å². The molecule has 2 aliphatic rings. The van der Waals surface area contributed by atoms with Crippen molar-refractivity contribution in [3.8, 4) is 0 Å². The van der Waals surface area contributed by atoms with Crippen molar-refractivity contribution >= 4 is 34.8 Å². The molecule has 27 heavy (non-hydrogen) atoms. The number of anilines is 2. The molecular formula is C20H19ClFN3O2. The lowest BCUT2D eigenvalue weighted by Gasteiger charge is -2.38. The van der Waals surface area contributed by atoms with E-state index in [-0.39, 0.29) is 23.3 Å². The molecule has 140 valence electrons. The number of carbonyl (C=O) groups is 2.